The van der Waals surface area contributed by atoms with Crippen molar-refractivity contribution in [2.24, 2.45) is 5.73 Å². The summed E-state index contributed by atoms with van der Waals surface area (Å²) in [6.07, 6.45) is 0. The third kappa shape index (κ3) is 2.56. The molecule has 2 N–H and O–H groups in total. The molecule has 0 aliphatic carbocycles. The molecule has 0 bridgehead atoms. The molecule has 2 nitrogen and oxygen atoms in total. The number of benzene rings is 1. The maximum Gasteiger partial charge on any atom is 0.159 e. The zero-order valence-electron chi connectivity index (χ0n) is 9.13. The van der Waals surface area contributed by atoms with Crippen LogP contribution in [-0.4, -0.2) is 5.78 Å². The smallest absolute Gasteiger partial charge is 0.159 e. The molecular weight excluding hydrogens is 186 g/mol. The summed E-state index contributed by atoms with van der Waals surface area (Å²) < 4.78 is 0. The van der Waals surface area contributed by atoms with Gasteiger partial charge in [-0.1, -0.05) is 18.7 Å². The first kappa shape index (κ1) is 11.2. The minimum atomic E-state index is 0.0144. The summed E-state index contributed by atoms with van der Waals surface area (Å²) in [7, 11) is 0. The minimum Gasteiger partial charge on any atom is -0.399 e. The average molecular weight is 201 g/mol. The Labute approximate surface area is 90.1 Å². The van der Waals surface area contributed by atoms with E-state index in [4.69, 9.17) is 5.73 Å². The van der Waals surface area contributed by atoms with Crippen molar-refractivity contribution in [3.8, 4) is 0 Å². The number of Topliss-reactive ketones (excluding diaryl/α,β-unsaturated/α-hetero) is 1. The highest BCUT2D eigenvalue weighted by Crippen LogP contribution is 2.19. The Kier molecular flexibility index (Phi) is 3.10. The highest BCUT2D eigenvalue weighted by molar-refractivity contribution is 5.95. The summed E-state index contributed by atoms with van der Waals surface area (Å²) in [5, 5.41) is 0. The molecule has 0 radical (unpaired) electrons. The van der Waals surface area contributed by atoms with Crippen LogP contribution in [0.25, 0.3) is 11.3 Å². The molecule has 0 spiro atoms. The molecule has 0 atom stereocenters. The summed E-state index contributed by atoms with van der Waals surface area (Å²) in [4.78, 5) is 11.3. The Bertz CT molecular complexity index is 365. The second-order valence-electron chi connectivity index (χ2n) is 3.66. The topological polar surface area (TPSA) is 43.1 Å². The number of hydrogen-bond acceptors (Lipinski definition) is 2. The fourth-order valence-electron chi connectivity index (χ4n) is 1.26. The number of hydrogen-bond donors (Lipinski definition) is 1. The van der Waals surface area contributed by atoms with Gasteiger partial charge in [0.2, 0.25) is 0 Å². The van der Waals surface area contributed by atoms with E-state index in [0.29, 0.717) is 11.3 Å². The molecule has 78 valence electrons. The van der Waals surface area contributed by atoms with Crippen LogP contribution in [-0.2, 0) is 0 Å². The van der Waals surface area contributed by atoms with Gasteiger partial charge in [-0.25, -0.2) is 0 Å². The maximum absolute atomic E-state index is 11.3. The molecule has 0 saturated carbocycles. The van der Waals surface area contributed by atoms with E-state index >= 15 is 0 Å². The van der Waals surface area contributed by atoms with Gasteiger partial charge >= 0.3 is 0 Å². The summed E-state index contributed by atoms with van der Waals surface area (Å²) in [5.74, 6) is 0.0144. The lowest BCUT2D eigenvalue weighted by molar-refractivity contribution is 0.101. The first-order chi connectivity index (χ1) is 6.91. The normalized spacial score (nSPS) is 9.73. The van der Waals surface area contributed by atoms with Gasteiger partial charge in [-0.05, 0) is 43.2 Å². The quantitative estimate of drug-likeness (QED) is 0.764. The van der Waals surface area contributed by atoms with Gasteiger partial charge < -0.3 is 5.73 Å². The molecule has 0 aliphatic heterocycles. The molecule has 0 heterocycles. The predicted molar refractivity (Wildman–Crippen MR) is 64.4 cm³/mol. The molecule has 0 aromatic heterocycles. The van der Waals surface area contributed by atoms with E-state index in [1.54, 1.807) is 6.07 Å². The van der Waals surface area contributed by atoms with Crippen LogP contribution in [0.1, 0.15) is 35.3 Å². The van der Waals surface area contributed by atoms with Crippen molar-refractivity contribution < 1.29 is 4.79 Å². The largest absolute Gasteiger partial charge is 0.399 e. The summed E-state index contributed by atoms with van der Waals surface area (Å²) >= 11 is 0. The maximum atomic E-state index is 11.3. The van der Waals surface area contributed by atoms with Crippen LogP contribution in [0.5, 0.6) is 0 Å². The van der Waals surface area contributed by atoms with Crippen molar-refractivity contribution in [1.29, 1.82) is 0 Å². The molecule has 0 fully saturated rings. The minimum absolute atomic E-state index is 0.0144. The van der Waals surface area contributed by atoms with E-state index < -0.39 is 0 Å². The van der Waals surface area contributed by atoms with E-state index in [1.165, 1.54) is 6.92 Å². The lowest BCUT2D eigenvalue weighted by Crippen LogP contribution is -2.00. The number of carbonyl (C=O) groups is 1. The second-order valence-corrected chi connectivity index (χ2v) is 3.66. The van der Waals surface area contributed by atoms with Crippen LogP contribution in [0.2, 0.25) is 0 Å². The van der Waals surface area contributed by atoms with Gasteiger partial charge in [-0.2, -0.15) is 0 Å². The van der Waals surface area contributed by atoms with Crippen LogP contribution in [0.4, 0.5) is 0 Å². The van der Waals surface area contributed by atoms with E-state index in [2.05, 4.69) is 13.2 Å². The van der Waals surface area contributed by atoms with E-state index in [0.717, 1.165) is 16.7 Å². The molecule has 2 heteroatoms. The van der Waals surface area contributed by atoms with Crippen molar-refractivity contribution in [1.82, 2.24) is 0 Å². The summed E-state index contributed by atoms with van der Waals surface area (Å²) in [5.41, 5.74) is 9.31. The summed E-state index contributed by atoms with van der Waals surface area (Å²) in [6.45, 7) is 10.9. The lowest BCUT2D eigenvalue weighted by atomic mass is 9.99. The molecule has 1 aromatic carbocycles. The van der Waals surface area contributed by atoms with Crippen LogP contribution >= 0.6 is 0 Å². The zero-order valence-corrected chi connectivity index (χ0v) is 9.13. The SMILES string of the molecule is C=C(C)c1cc(C(=C)N)cc(C(C)=O)c1. The molecule has 0 saturated heterocycles. The molecule has 15 heavy (non-hydrogen) atoms. The van der Waals surface area contributed by atoms with Crippen molar-refractivity contribution in [2.45, 2.75) is 13.8 Å². The molecular formula is C13H15NO. The zero-order chi connectivity index (χ0) is 11.6. The molecule has 0 amide bonds. The van der Waals surface area contributed by atoms with E-state index in [9.17, 15) is 4.79 Å². The van der Waals surface area contributed by atoms with Gasteiger partial charge in [0.05, 0.1) is 0 Å². The van der Waals surface area contributed by atoms with Crippen molar-refractivity contribution in [3.05, 3.63) is 48.0 Å². The van der Waals surface area contributed by atoms with Crippen molar-refractivity contribution in [2.75, 3.05) is 0 Å². The van der Waals surface area contributed by atoms with Crippen LogP contribution in [0.3, 0.4) is 0 Å². The van der Waals surface area contributed by atoms with Gasteiger partial charge in [0.15, 0.2) is 5.78 Å². The predicted octanol–water partition coefficient (Wildman–Crippen LogP) is 2.85. The van der Waals surface area contributed by atoms with Crippen LogP contribution in [0, 0.1) is 0 Å². The Morgan fingerprint density at radius 1 is 1.07 bits per heavy atom. The van der Waals surface area contributed by atoms with Gasteiger partial charge in [-0.15, -0.1) is 0 Å². The van der Waals surface area contributed by atoms with E-state index in [-0.39, 0.29) is 5.78 Å². The van der Waals surface area contributed by atoms with Crippen LogP contribution < -0.4 is 5.73 Å². The first-order valence-electron chi connectivity index (χ1n) is 4.68. The third-order valence-electron chi connectivity index (χ3n) is 2.20. The van der Waals surface area contributed by atoms with Gasteiger partial charge in [0.25, 0.3) is 0 Å². The molecule has 0 aliphatic rings. The number of ketones is 1. The van der Waals surface area contributed by atoms with Crippen LogP contribution in [0.15, 0.2) is 31.4 Å². The third-order valence-corrected chi connectivity index (χ3v) is 2.20. The standard InChI is InChI=1S/C13H15NO/c1-8(2)11-5-12(9(3)14)7-13(6-11)10(4)15/h5-7H,1,3,14H2,2,4H3. The fraction of sp³-hybridized carbons (Fsp3) is 0.154. The Balaban J connectivity index is 3.39. The number of nitrogens with two attached hydrogens (primary N) is 1. The number of allylic oxidation sites excluding steroid dienone is 1. The molecule has 1 rings (SSSR count). The fourth-order valence-corrected chi connectivity index (χ4v) is 1.26. The van der Waals surface area contributed by atoms with Gasteiger partial charge in [0, 0.05) is 11.3 Å². The Morgan fingerprint density at radius 2 is 1.53 bits per heavy atom. The lowest BCUT2D eigenvalue weighted by Gasteiger charge is -2.07. The molecule has 0 unspecified atom stereocenters. The average Bonchev–Trinajstić information content (AvgIpc) is 2.16. The number of carbonyl (C=O) groups excluding carboxylic acids is 1. The monoisotopic (exact) mass is 201 g/mol. The highest BCUT2D eigenvalue weighted by Gasteiger charge is 2.05. The van der Waals surface area contributed by atoms with Crippen molar-refractivity contribution >= 4 is 17.1 Å². The van der Waals surface area contributed by atoms with Gasteiger partial charge in [-0.3, -0.25) is 4.79 Å². The Hall–Kier alpha value is -1.83. The van der Waals surface area contributed by atoms with Crippen molar-refractivity contribution in [3.63, 3.8) is 0 Å². The van der Waals surface area contributed by atoms with E-state index in [1.807, 2.05) is 19.1 Å². The highest BCUT2D eigenvalue weighted by atomic mass is 16.1. The Morgan fingerprint density at radius 3 is 1.93 bits per heavy atom. The number of rotatable bonds is 3. The second kappa shape index (κ2) is 4.13. The molecule has 1 aromatic rings. The summed E-state index contributed by atoms with van der Waals surface area (Å²) in [6, 6.07) is 5.45. The van der Waals surface area contributed by atoms with Gasteiger partial charge in [0.1, 0.15) is 0 Å². The first-order valence-corrected chi connectivity index (χ1v) is 4.68.